The summed E-state index contributed by atoms with van der Waals surface area (Å²) in [6.07, 6.45) is 11.7. The van der Waals surface area contributed by atoms with Gasteiger partial charge in [-0.25, -0.2) is 4.98 Å². The van der Waals surface area contributed by atoms with E-state index in [1.54, 1.807) is 0 Å². The quantitative estimate of drug-likeness (QED) is 0.357. The van der Waals surface area contributed by atoms with Crippen LogP contribution in [0.3, 0.4) is 0 Å². The van der Waals surface area contributed by atoms with E-state index in [9.17, 15) is 4.79 Å². The number of nitrogens with zero attached hydrogens (tertiary/aromatic N) is 5. The van der Waals surface area contributed by atoms with Crippen molar-refractivity contribution in [3.8, 4) is 0 Å². The zero-order chi connectivity index (χ0) is 28.2. The van der Waals surface area contributed by atoms with Gasteiger partial charge >= 0.3 is 5.97 Å². The second-order valence-electron chi connectivity index (χ2n) is 13.3. The molecular weight excluding hydrogens is 510 g/mol. The van der Waals surface area contributed by atoms with Gasteiger partial charge in [-0.2, -0.15) is 0 Å². The number of hydrogen-bond acceptors (Lipinski definition) is 7. The predicted molar refractivity (Wildman–Crippen MR) is 159 cm³/mol. The minimum absolute atomic E-state index is 0.0897. The molecule has 2 aliphatic carbocycles. The molecule has 212 valence electrons. The number of carbonyl (C=O) groups excluding carboxylic acids is 1. The number of ether oxygens (including phenoxy) is 1. The zero-order valence-corrected chi connectivity index (χ0v) is 24.4. The summed E-state index contributed by atoms with van der Waals surface area (Å²) in [6.45, 7) is 7.35. The van der Waals surface area contributed by atoms with Crippen LogP contribution in [-0.4, -0.2) is 38.9 Å². The molecule has 0 saturated heterocycles. The summed E-state index contributed by atoms with van der Waals surface area (Å²) in [6, 6.07) is 12.9. The number of rotatable bonds is 3. The number of amidine groups is 1. The first-order chi connectivity index (χ1) is 19.8. The number of aliphatic imine (C=N–C) groups is 1. The Hall–Kier alpha value is -3.61. The third kappa shape index (κ3) is 4.83. The fourth-order valence-electron chi connectivity index (χ4n) is 7.74. The third-order valence-electron chi connectivity index (χ3n) is 9.56. The second kappa shape index (κ2) is 10.0. The first-order valence-corrected chi connectivity index (χ1v) is 15.2. The largest absolute Gasteiger partial charge is 0.460 e. The molecule has 2 aliphatic heterocycles. The van der Waals surface area contributed by atoms with Crippen molar-refractivity contribution in [2.24, 2.45) is 10.4 Å². The van der Waals surface area contributed by atoms with Gasteiger partial charge in [0.2, 0.25) is 0 Å². The maximum Gasteiger partial charge on any atom is 0.306 e. The van der Waals surface area contributed by atoms with Crippen molar-refractivity contribution < 1.29 is 9.53 Å². The lowest BCUT2D eigenvalue weighted by atomic mass is 9.63. The minimum atomic E-state index is -0.468. The molecule has 0 N–H and O–H groups in total. The van der Waals surface area contributed by atoms with E-state index in [2.05, 4.69) is 40.2 Å². The molecule has 41 heavy (non-hydrogen) atoms. The highest BCUT2D eigenvalue weighted by Crippen LogP contribution is 2.58. The highest BCUT2D eigenvalue weighted by Gasteiger charge is 2.49. The van der Waals surface area contributed by atoms with Crippen molar-refractivity contribution in [1.29, 1.82) is 0 Å². The van der Waals surface area contributed by atoms with Gasteiger partial charge in [-0.05, 0) is 94.4 Å². The second-order valence-corrected chi connectivity index (χ2v) is 13.3. The number of aromatic nitrogens is 3. The third-order valence-corrected chi connectivity index (χ3v) is 9.56. The van der Waals surface area contributed by atoms with Crippen LogP contribution in [0.25, 0.3) is 0 Å². The summed E-state index contributed by atoms with van der Waals surface area (Å²) in [5, 5.41) is 0. The topological polar surface area (TPSA) is 80.6 Å². The van der Waals surface area contributed by atoms with E-state index < -0.39 is 5.60 Å². The average Bonchev–Trinajstić information content (AvgIpc) is 3.51. The van der Waals surface area contributed by atoms with Crippen LogP contribution in [0, 0.1) is 5.41 Å². The molecule has 0 radical (unpaired) electrons. The van der Waals surface area contributed by atoms with Crippen LogP contribution in [-0.2, 0) is 28.9 Å². The molecule has 1 spiro atoms. The summed E-state index contributed by atoms with van der Waals surface area (Å²) in [4.78, 5) is 34.9. The molecule has 1 fully saturated rings. The van der Waals surface area contributed by atoms with Crippen molar-refractivity contribution in [2.75, 3.05) is 11.4 Å². The molecule has 1 unspecified atom stereocenters. The molecule has 7 rings (SSSR count). The summed E-state index contributed by atoms with van der Waals surface area (Å²) < 4.78 is 5.78. The SMILES string of the molecule is CC(C)(C)OC(=O)CC1c2ccccc2CC12CCC(c1cnc3c(n1)CN=C3N1CCCc3ncccc31)CC2. The Morgan fingerprint density at radius 1 is 1.07 bits per heavy atom. The molecule has 3 aromatic rings. The van der Waals surface area contributed by atoms with Gasteiger partial charge in [0.1, 0.15) is 11.3 Å². The monoisotopic (exact) mass is 549 g/mol. The Morgan fingerprint density at radius 2 is 1.90 bits per heavy atom. The van der Waals surface area contributed by atoms with E-state index in [0.29, 0.717) is 18.9 Å². The number of carbonyl (C=O) groups is 1. The lowest BCUT2D eigenvalue weighted by Crippen LogP contribution is -2.36. The highest BCUT2D eigenvalue weighted by molar-refractivity contribution is 6.11. The van der Waals surface area contributed by atoms with Gasteiger partial charge in [-0.15, -0.1) is 0 Å². The van der Waals surface area contributed by atoms with Crippen LogP contribution in [0.15, 0.2) is 53.8 Å². The Morgan fingerprint density at radius 3 is 2.73 bits per heavy atom. The number of benzene rings is 1. The molecule has 4 heterocycles. The smallest absolute Gasteiger partial charge is 0.306 e. The van der Waals surface area contributed by atoms with Crippen LogP contribution in [0.4, 0.5) is 5.69 Å². The highest BCUT2D eigenvalue weighted by atomic mass is 16.6. The van der Waals surface area contributed by atoms with E-state index in [0.717, 1.165) is 85.8 Å². The molecular formula is C34H39N5O2. The van der Waals surface area contributed by atoms with Gasteiger partial charge < -0.3 is 9.64 Å². The summed E-state index contributed by atoms with van der Waals surface area (Å²) in [5.74, 6) is 1.43. The number of esters is 1. The number of hydrogen-bond donors (Lipinski definition) is 0. The molecule has 1 saturated carbocycles. The summed E-state index contributed by atoms with van der Waals surface area (Å²) >= 11 is 0. The molecule has 4 aliphatic rings. The van der Waals surface area contributed by atoms with Gasteiger partial charge in [0.25, 0.3) is 0 Å². The molecule has 0 amide bonds. The van der Waals surface area contributed by atoms with Crippen molar-refractivity contribution in [3.63, 3.8) is 0 Å². The van der Waals surface area contributed by atoms with Crippen LogP contribution in [0.1, 0.15) is 105 Å². The van der Waals surface area contributed by atoms with Crippen molar-refractivity contribution in [3.05, 3.63) is 82.7 Å². The van der Waals surface area contributed by atoms with Gasteiger partial charge in [0.05, 0.1) is 35.7 Å². The van der Waals surface area contributed by atoms with Crippen LogP contribution >= 0.6 is 0 Å². The minimum Gasteiger partial charge on any atom is -0.460 e. The number of fused-ring (bicyclic) bond motifs is 3. The number of anilines is 1. The van der Waals surface area contributed by atoms with Crippen LogP contribution in [0.5, 0.6) is 0 Å². The van der Waals surface area contributed by atoms with Crippen molar-refractivity contribution >= 4 is 17.5 Å². The predicted octanol–water partition coefficient (Wildman–Crippen LogP) is 6.30. The van der Waals surface area contributed by atoms with E-state index in [1.165, 1.54) is 11.1 Å². The molecule has 2 aromatic heterocycles. The van der Waals surface area contributed by atoms with Crippen LogP contribution in [0.2, 0.25) is 0 Å². The number of aryl methyl sites for hydroxylation is 1. The lowest BCUT2D eigenvalue weighted by Gasteiger charge is -2.42. The van der Waals surface area contributed by atoms with Gasteiger partial charge in [-0.3, -0.25) is 19.8 Å². The molecule has 7 heteroatoms. The van der Waals surface area contributed by atoms with Gasteiger partial charge in [0, 0.05) is 30.8 Å². The van der Waals surface area contributed by atoms with E-state index >= 15 is 0 Å². The Bertz CT molecular complexity index is 1520. The summed E-state index contributed by atoms with van der Waals surface area (Å²) in [7, 11) is 0. The Balaban J connectivity index is 1.08. The maximum atomic E-state index is 13.0. The van der Waals surface area contributed by atoms with Crippen molar-refractivity contribution in [2.45, 2.75) is 96.1 Å². The van der Waals surface area contributed by atoms with Crippen LogP contribution < -0.4 is 4.90 Å². The Kier molecular flexibility index (Phi) is 6.44. The zero-order valence-electron chi connectivity index (χ0n) is 24.4. The molecule has 1 atom stereocenters. The first kappa shape index (κ1) is 26.3. The summed E-state index contributed by atoms with van der Waals surface area (Å²) in [5.41, 5.74) is 7.66. The number of pyridine rings is 1. The fraction of sp³-hybridized carbons (Fsp3) is 0.500. The van der Waals surface area contributed by atoms with Crippen molar-refractivity contribution in [1.82, 2.24) is 15.0 Å². The van der Waals surface area contributed by atoms with E-state index in [-0.39, 0.29) is 17.3 Å². The van der Waals surface area contributed by atoms with Gasteiger partial charge in [0.15, 0.2) is 5.84 Å². The van der Waals surface area contributed by atoms with Gasteiger partial charge in [-0.1, -0.05) is 24.3 Å². The maximum absolute atomic E-state index is 13.0. The molecule has 1 aromatic carbocycles. The Labute approximate surface area is 242 Å². The lowest BCUT2D eigenvalue weighted by molar-refractivity contribution is -0.156. The average molecular weight is 550 g/mol. The molecule has 0 bridgehead atoms. The standard InChI is InChI=1S/C34H39N5O2/c1-33(2,3)41-30(40)18-25-24-9-5-4-8-23(24)19-34(25)14-12-22(13-15-34)27-20-36-31-28(38-27)21-37-32(31)39-17-7-10-26-29(39)11-6-16-35-26/h4-6,8-9,11,16,20,22,25H,7,10,12-15,17-19,21H2,1-3H3. The van der Waals surface area contributed by atoms with E-state index in [4.69, 9.17) is 19.7 Å². The molecule has 7 nitrogen and oxygen atoms in total. The van der Waals surface area contributed by atoms with E-state index in [1.807, 2.05) is 39.2 Å². The first-order valence-electron chi connectivity index (χ1n) is 15.2. The normalized spacial score (nSPS) is 25.0. The fourth-order valence-corrected chi connectivity index (χ4v) is 7.74.